The topological polar surface area (TPSA) is 88.9 Å². The van der Waals surface area contributed by atoms with Crippen molar-refractivity contribution in [1.29, 1.82) is 0 Å². The van der Waals surface area contributed by atoms with Crippen LogP contribution < -0.4 is 0 Å². The van der Waals surface area contributed by atoms with Gasteiger partial charge in [-0.3, -0.25) is 14.2 Å². The third-order valence-corrected chi connectivity index (χ3v) is 3.88. The van der Waals surface area contributed by atoms with Crippen LogP contribution in [0.3, 0.4) is 0 Å². The van der Waals surface area contributed by atoms with Gasteiger partial charge in [-0.05, 0) is 31.5 Å². The van der Waals surface area contributed by atoms with E-state index in [0.717, 1.165) is 0 Å². The molecule has 0 aliphatic heterocycles. The molecule has 0 saturated carbocycles. The second kappa shape index (κ2) is 11.3. The van der Waals surface area contributed by atoms with Crippen LogP contribution in [0.25, 0.3) is 33.8 Å². The number of aliphatic hydroxyl groups is 1. The minimum absolute atomic E-state index is 0. The van der Waals surface area contributed by atoms with Crippen LogP contribution in [0.15, 0.2) is 66.7 Å². The molecule has 165 valence electrons. The Bertz CT molecular complexity index is 1160. The number of carbonyl (C=O) groups is 1. The van der Waals surface area contributed by atoms with Crippen molar-refractivity contribution < 1.29 is 38.8 Å². The van der Waals surface area contributed by atoms with Gasteiger partial charge in [0.25, 0.3) is 0 Å². The Kier molecular flexibility index (Phi) is 8.75. The minimum atomic E-state index is -0.393. The fraction of sp³-hybridized carbons (Fsp3) is 0.0870. The van der Waals surface area contributed by atoms with Gasteiger partial charge in [-0.15, -0.1) is 29.8 Å². The van der Waals surface area contributed by atoms with Crippen molar-refractivity contribution >= 4 is 17.1 Å². The molecular formula is C23H17F2IrN4O2-. The van der Waals surface area contributed by atoms with Gasteiger partial charge in [0.15, 0.2) is 17.1 Å². The van der Waals surface area contributed by atoms with E-state index in [-0.39, 0.29) is 37.5 Å². The molecule has 0 amide bonds. The number of hydrogen-bond acceptors (Lipinski definition) is 6. The van der Waals surface area contributed by atoms with E-state index in [9.17, 15) is 13.6 Å². The normalized spacial score (nSPS) is 10.7. The monoisotopic (exact) mass is 612 g/mol. The number of halogens is 2. The van der Waals surface area contributed by atoms with E-state index in [0.29, 0.717) is 33.8 Å². The molecule has 0 unspecified atom stereocenters. The zero-order valence-corrected chi connectivity index (χ0v) is 19.4. The molecule has 32 heavy (non-hydrogen) atoms. The van der Waals surface area contributed by atoms with Gasteiger partial charge >= 0.3 is 0 Å². The molecule has 0 saturated heterocycles. The van der Waals surface area contributed by atoms with Gasteiger partial charge in [-0.1, -0.05) is 12.1 Å². The Morgan fingerprint density at radius 2 is 1.47 bits per heavy atom. The largest absolute Gasteiger partial charge is 0.512 e. The number of aliphatic hydroxyl groups excluding tert-OH is 1. The zero-order chi connectivity index (χ0) is 22.4. The number of hydrogen-bond donors (Lipinski definition) is 1. The summed E-state index contributed by atoms with van der Waals surface area (Å²) in [4.78, 5) is 27.3. The number of benzene rings is 2. The molecule has 0 aliphatic carbocycles. The number of ketones is 1. The zero-order valence-electron chi connectivity index (χ0n) is 17.0. The predicted molar refractivity (Wildman–Crippen MR) is 112 cm³/mol. The van der Waals surface area contributed by atoms with E-state index in [1.807, 2.05) is 0 Å². The molecule has 0 aliphatic rings. The summed E-state index contributed by atoms with van der Waals surface area (Å²) in [7, 11) is 0. The fourth-order valence-electron chi connectivity index (χ4n) is 2.64. The fourth-order valence-corrected chi connectivity index (χ4v) is 2.64. The van der Waals surface area contributed by atoms with Crippen molar-refractivity contribution in [3.8, 4) is 22.5 Å². The van der Waals surface area contributed by atoms with Crippen molar-refractivity contribution in [2.75, 3.05) is 0 Å². The average molecular weight is 612 g/mol. The van der Waals surface area contributed by atoms with E-state index in [4.69, 9.17) is 5.11 Å². The summed E-state index contributed by atoms with van der Waals surface area (Å²) in [6.45, 7) is 2.85. The van der Waals surface area contributed by atoms with Gasteiger partial charge in [0, 0.05) is 50.1 Å². The minimum Gasteiger partial charge on any atom is -0.512 e. The molecule has 0 fully saturated rings. The third-order valence-electron chi connectivity index (χ3n) is 3.88. The van der Waals surface area contributed by atoms with E-state index in [1.54, 1.807) is 18.2 Å². The second-order valence-electron chi connectivity index (χ2n) is 6.45. The quantitative estimate of drug-likeness (QED) is 0.202. The number of rotatable bonds is 3. The number of fused-ring (bicyclic) bond motifs is 1. The molecule has 9 heteroatoms. The molecule has 1 radical (unpaired) electrons. The smallest absolute Gasteiger partial charge is 0.196 e. The molecule has 2 aromatic heterocycles. The molecule has 0 bridgehead atoms. The Labute approximate surface area is 196 Å². The maximum Gasteiger partial charge on any atom is 0.196 e. The number of carbonyl (C=O) groups excluding carboxylic acids is 1. The Hall–Kier alpha value is -3.42. The SMILES string of the molecule is CC(=O)/C=C(/C)O.Fc1c[c-]c(-c2nc3nccnc3nc2-c2ccc(F)cc2)cc1.[Ir]. The first-order valence-corrected chi connectivity index (χ1v) is 9.13. The van der Waals surface area contributed by atoms with E-state index in [2.05, 4.69) is 26.0 Å². The van der Waals surface area contributed by atoms with E-state index < -0.39 is 5.82 Å². The first kappa shape index (κ1) is 24.8. The Balaban J connectivity index is 0.000000398. The van der Waals surface area contributed by atoms with Crippen molar-refractivity contribution in [2.24, 2.45) is 0 Å². The number of aromatic nitrogens is 4. The Morgan fingerprint density at radius 1 is 0.906 bits per heavy atom. The molecule has 0 atom stereocenters. The summed E-state index contributed by atoms with van der Waals surface area (Å²) < 4.78 is 26.4. The molecule has 2 heterocycles. The number of allylic oxidation sites excluding steroid dienone is 2. The summed E-state index contributed by atoms with van der Waals surface area (Å²) in [5.74, 6) is -0.801. The molecule has 0 spiro atoms. The number of nitrogens with zero attached hydrogens (tertiary/aromatic N) is 4. The maximum absolute atomic E-state index is 13.2. The van der Waals surface area contributed by atoms with Crippen LogP contribution in [0.2, 0.25) is 0 Å². The molecule has 4 rings (SSSR count). The van der Waals surface area contributed by atoms with Crippen molar-refractivity contribution in [3.63, 3.8) is 0 Å². The first-order valence-electron chi connectivity index (χ1n) is 9.13. The van der Waals surface area contributed by atoms with Gasteiger partial charge in [0.1, 0.15) is 5.82 Å². The molecule has 6 nitrogen and oxygen atoms in total. The first-order chi connectivity index (χ1) is 14.8. The standard InChI is InChI=1S/C18H9F2N4.C5H8O2.Ir/c19-13-5-1-11(2-6-13)15-16(12-3-7-14(20)8-4-12)24-18-17(23-15)21-9-10-22-18;1-4(6)3-5(2)7;/h1-3,5-10H;3,6H,1-2H3;/q-1;;/b;4-3-;. The summed E-state index contributed by atoms with van der Waals surface area (Å²) in [6, 6.07) is 12.9. The maximum atomic E-state index is 13.2. The summed E-state index contributed by atoms with van der Waals surface area (Å²) in [5, 5.41) is 8.36. The average Bonchev–Trinajstić information content (AvgIpc) is 2.73. The van der Waals surface area contributed by atoms with Crippen LogP contribution in [0.5, 0.6) is 0 Å². The van der Waals surface area contributed by atoms with Crippen LogP contribution >= 0.6 is 0 Å². The molecule has 4 aromatic rings. The van der Waals surface area contributed by atoms with Gasteiger partial charge < -0.3 is 5.11 Å². The van der Waals surface area contributed by atoms with Gasteiger partial charge in [0.2, 0.25) is 0 Å². The van der Waals surface area contributed by atoms with Crippen LogP contribution in [-0.2, 0) is 24.9 Å². The molecule has 2 aromatic carbocycles. The summed E-state index contributed by atoms with van der Waals surface area (Å²) in [5.41, 5.74) is 2.97. The van der Waals surface area contributed by atoms with Gasteiger partial charge in [0.05, 0.1) is 11.5 Å². The van der Waals surface area contributed by atoms with Gasteiger partial charge in [-0.2, -0.15) is 0 Å². The predicted octanol–water partition coefficient (Wildman–Crippen LogP) is 4.87. The molecule has 1 N–H and O–H groups in total. The van der Waals surface area contributed by atoms with E-state index >= 15 is 0 Å². The molecular weight excluding hydrogens is 594 g/mol. The second-order valence-corrected chi connectivity index (χ2v) is 6.45. The summed E-state index contributed by atoms with van der Waals surface area (Å²) in [6.07, 6.45) is 4.21. The van der Waals surface area contributed by atoms with Crippen molar-refractivity contribution in [3.05, 3.63) is 84.4 Å². The van der Waals surface area contributed by atoms with Gasteiger partial charge in [-0.25, -0.2) is 19.3 Å². The van der Waals surface area contributed by atoms with Crippen molar-refractivity contribution in [1.82, 2.24) is 19.9 Å². The van der Waals surface area contributed by atoms with E-state index in [1.165, 1.54) is 56.6 Å². The summed E-state index contributed by atoms with van der Waals surface area (Å²) >= 11 is 0. The van der Waals surface area contributed by atoms with Crippen molar-refractivity contribution in [2.45, 2.75) is 13.8 Å². The third kappa shape index (κ3) is 6.54. The van der Waals surface area contributed by atoms with Crippen LogP contribution in [-0.4, -0.2) is 30.8 Å². The Morgan fingerprint density at radius 3 is 1.94 bits per heavy atom. The van der Waals surface area contributed by atoms with Crippen LogP contribution in [0.4, 0.5) is 8.78 Å². The van der Waals surface area contributed by atoms with Crippen LogP contribution in [0.1, 0.15) is 13.8 Å². The van der Waals surface area contributed by atoms with Crippen LogP contribution in [0, 0.1) is 17.7 Å².